The van der Waals surface area contributed by atoms with Crippen molar-refractivity contribution >= 4 is 50.7 Å². The molecule has 0 unspecified atom stereocenters. The first-order valence-electron chi connectivity index (χ1n) is 11.5. The number of benzene rings is 2. The SMILES string of the molecule is CC[C@@H](C)NC(=O)[C@H](CC)N(Cc1ccc(Cl)cc1)C(=O)CN(c1cccc(Cl)c1C)S(C)(=O)=O. The van der Waals surface area contributed by atoms with Crippen LogP contribution in [0.3, 0.4) is 0 Å². The maximum Gasteiger partial charge on any atom is 0.244 e. The van der Waals surface area contributed by atoms with Gasteiger partial charge in [0.05, 0.1) is 11.9 Å². The number of carbonyl (C=O) groups is 2. The molecule has 2 atom stereocenters. The first kappa shape index (κ1) is 28.9. The zero-order chi connectivity index (χ0) is 26.3. The Morgan fingerprint density at radius 2 is 1.66 bits per heavy atom. The number of nitrogens with one attached hydrogen (secondary N) is 1. The van der Waals surface area contributed by atoms with Crippen molar-refractivity contribution in [3.05, 3.63) is 63.6 Å². The van der Waals surface area contributed by atoms with Crippen LogP contribution in [0, 0.1) is 6.92 Å². The molecule has 10 heteroatoms. The average Bonchev–Trinajstić information content (AvgIpc) is 2.79. The van der Waals surface area contributed by atoms with E-state index in [-0.39, 0.29) is 18.5 Å². The van der Waals surface area contributed by atoms with Crippen LogP contribution in [0.5, 0.6) is 0 Å². The molecule has 35 heavy (non-hydrogen) atoms. The number of nitrogens with zero attached hydrogens (tertiary/aromatic N) is 2. The van der Waals surface area contributed by atoms with Gasteiger partial charge in [0.25, 0.3) is 0 Å². The van der Waals surface area contributed by atoms with Crippen LogP contribution in [-0.4, -0.2) is 50.0 Å². The van der Waals surface area contributed by atoms with Crippen LogP contribution in [0.25, 0.3) is 0 Å². The Balaban J connectivity index is 2.47. The monoisotopic (exact) mass is 541 g/mol. The van der Waals surface area contributed by atoms with Crippen molar-refractivity contribution in [1.82, 2.24) is 10.2 Å². The maximum absolute atomic E-state index is 13.7. The van der Waals surface area contributed by atoms with Crippen molar-refractivity contribution in [2.24, 2.45) is 0 Å². The van der Waals surface area contributed by atoms with E-state index in [1.54, 1.807) is 49.4 Å². The van der Waals surface area contributed by atoms with Gasteiger partial charge in [-0.3, -0.25) is 13.9 Å². The van der Waals surface area contributed by atoms with E-state index >= 15 is 0 Å². The fourth-order valence-electron chi connectivity index (χ4n) is 3.61. The molecule has 0 heterocycles. The van der Waals surface area contributed by atoms with Gasteiger partial charge in [-0.2, -0.15) is 0 Å². The minimum Gasteiger partial charge on any atom is -0.352 e. The predicted molar refractivity (Wildman–Crippen MR) is 142 cm³/mol. The Morgan fingerprint density at radius 1 is 1.03 bits per heavy atom. The van der Waals surface area contributed by atoms with E-state index in [0.29, 0.717) is 27.7 Å². The van der Waals surface area contributed by atoms with Crippen molar-refractivity contribution in [2.75, 3.05) is 17.1 Å². The highest BCUT2D eigenvalue weighted by molar-refractivity contribution is 7.92. The topological polar surface area (TPSA) is 86.8 Å². The molecule has 0 spiro atoms. The molecule has 7 nitrogen and oxygen atoms in total. The van der Waals surface area contributed by atoms with Gasteiger partial charge in [-0.1, -0.05) is 55.2 Å². The molecule has 0 saturated carbocycles. The smallest absolute Gasteiger partial charge is 0.244 e. The Bertz CT molecular complexity index is 1140. The van der Waals surface area contributed by atoms with Gasteiger partial charge in [0.15, 0.2) is 0 Å². The zero-order valence-electron chi connectivity index (χ0n) is 20.7. The van der Waals surface area contributed by atoms with E-state index in [1.165, 1.54) is 4.90 Å². The second-order valence-corrected chi connectivity index (χ2v) is 11.3. The van der Waals surface area contributed by atoms with E-state index in [2.05, 4.69) is 5.32 Å². The third-order valence-electron chi connectivity index (χ3n) is 5.84. The standard InChI is InChI=1S/C25H33Cl2N3O4S/c1-6-17(3)28-25(32)22(7-2)29(15-19-11-13-20(26)14-12-19)24(31)16-30(35(5,33)34)23-10-8-9-21(27)18(23)4/h8-14,17,22H,6-7,15-16H2,1-5H3,(H,28,32)/t17-,22+/m1/s1. The van der Waals surface area contributed by atoms with Crippen LogP contribution in [-0.2, 0) is 26.2 Å². The van der Waals surface area contributed by atoms with Crippen LogP contribution in [0.2, 0.25) is 10.0 Å². The molecule has 0 aliphatic carbocycles. The van der Waals surface area contributed by atoms with Crippen molar-refractivity contribution < 1.29 is 18.0 Å². The summed E-state index contributed by atoms with van der Waals surface area (Å²) in [6.07, 6.45) is 2.14. The second-order valence-electron chi connectivity index (χ2n) is 8.54. The van der Waals surface area contributed by atoms with Crippen LogP contribution in [0.4, 0.5) is 5.69 Å². The van der Waals surface area contributed by atoms with E-state index in [9.17, 15) is 18.0 Å². The van der Waals surface area contributed by atoms with Crippen LogP contribution in [0.1, 0.15) is 44.7 Å². The fraction of sp³-hybridized carbons (Fsp3) is 0.440. The van der Waals surface area contributed by atoms with Gasteiger partial charge >= 0.3 is 0 Å². The summed E-state index contributed by atoms with van der Waals surface area (Å²) in [6.45, 7) is 7.01. The number of anilines is 1. The van der Waals surface area contributed by atoms with Gasteiger partial charge in [0.2, 0.25) is 21.8 Å². The number of sulfonamides is 1. The van der Waals surface area contributed by atoms with Crippen molar-refractivity contribution in [2.45, 2.75) is 59.2 Å². The third-order valence-corrected chi connectivity index (χ3v) is 7.63. The Labute approximate surface area is 218 Å². The summed E-state index contributed by atoms with van der Waals surface area (Å²) in [5.41, 5.74) is 1.62. The van der Waals surface area contributed by atoms with E-state index < -0.39 is 28.5 Å². The van der Waals surface area contributed by atoms with Crippen LogP contribution < -0.4 is 9.62 Å². The van der Waals surface area contributed by atoms with Crippen LogP contribution >= 0.6 is 23.2 Å². The molecule has 0 aromatic heterocycles. The van der Waals surface area contributed by atoms with Crippen LogP contribution in [0.15, 0.2) is 42.5 Å². The molecule has 0 aliphatic rings. The zero-order valence-corrected chi connectivity index (χ0v) is 23.0. The summed E-state index contributed by atoms with van der Waals surface area (Å²) in [6, 6.07) is 11.0. The largest absolute Gasteiger partial charge is 0.352 e. The Morgan fingerprint density at radius 3 is 2.20 bits per heavy atom. The lowest BCUT2D eigenvalue weighted by Crippen LogP contribution is -2.53. The number of hydrogen-bond acceptors (Lipinski definition) is 4. The highest BCUT2D eigenvalue weighted by Crippen LogP contribution is 2.28. The molecule has 0 saturated heterocycles. The summed E-state index contributed by atoms with van der Waals surface area (Å²) in [4.78, 5) is 28.2. The maximum atomic E-state index is 13.7. The first-order chi connectivity index (χ1) is 16.4. The number of halogens is 2. The molecule has 192 valence electrons. The van der Waals surface area contributed by atoms with Gasteiger partial charge < -0.3 is 10.2 Å². The van der Waals surface area contributed by atoms with Crippen molar-refractivity contribution in [3.8, 4) is 0 Å². The molecule has 2 amide bonds. The number of hydrogen-bond donors (Lipinski definition) is 1. The van der Waals surface area contributed by atoms with Gasteiger partial charge in [0, 0.05) is 22.6 Å². The molecule has 2 aromatic carbocycles. The summed E-state index contributed by atoms with van der Waals surface area (Å²) in [7, 11) is -3.83. The lowest BCUT2D eigenvalue weighted by atomic mass is 10.1. The normalized spacial score (nSPS) is 13.1. The van der Waals surface area contributed by atoms with E-state index in [4.69, 9.17) is 23.2 Å². The lowest BCUT2D eigenvalue weighted by Gasteiger charge is -2.33. The molecular formula is C25H33Cl2N3O4S. The molecule has 0 radical (unpaired) electrons. The van der Waals surface area contributed by atoms with E-state index in [0.717, 1.165) is 22.5 Å². The van der Waals surface area contributed by atoms with E-state index in [1.807, 2.05) is 20.8 Å². The number of amides is 2. The van der Waals surface area contributed by atoms with Gasteiger partial charge in [0.1, 0.15) is 12.6 Å². The molecule has 0 bridgehead atoms. The minimum atomic E-state index is -3.83. The summed E-state index contributed by atoms with van der Waals surface area (Å²) in [5, 5.41) is 3.88. The summed E-state index contributed by atoms with van der Waals surface area (Å²) < 4.78 is 26.5. The Hall–Kier alpha value is -2.29. The molecular weight excluding hydrogens is 509 g/mol. The molecule has 1 N–H and O–H groups in total. The van der Waals surface area contributed by atoms with Gasteiger partial charge in [-0.25, -0.2) is 8.42 Å². The quantitative estimate of drug-likeness (QED) is 0.443. The van der Waals surface area contributed by atoms with Crippen molar-refractivity contribution in [3.63, 3.8) is 0 Å². The summed E-state index contributed by atoms with van der Waals surface area (Å²) >= 11 is 12.2. The fourth-order valence-corrected chi connectivity index (χ4v) is 4.80. The first-order valence-corrected chi connectivity index (χ1v) is 14.1. The lowest BCUT2D eigenvalue weighted by molar-refractivity contribution is -0.140. The number of rotatable bonds is 11. The highest BCUT2D eigenvalue weighted by Gasteiger charge is 2.32. The van der Waals surface area contributed by atoms with Gasteiger partial charge in [-0.05, 0) is 62.1 Å². The van der Waals surface area contributed by atoms with Crippen molar-refractivity contribution in [1.29, 1.82) is 0 Å². The number of carbonyl (C=O) groups excluding carboxylic acids is 2. The molecule has 2 rings (SSSR count). The third kappa shape index (κ3) is 7.85. The second kappa shape index (κ2) is 12.6. The summed E-state index contributed by atoms with van der Waals surface area (Å²) in [5.74, 6) is -0.787. The Kier molecular flexibility index (Phi) is 10.4. The average molecular weight is 543 g/mol. The minimum absolute atomic E-state index is 0.0642. The molecule has 0 fully saturated rings. The highest BCUT2D eigenvalue weighted by atomic mass is 35.5. The van der Waals surface area contributed by atoms with Gasteiger partial charge in [-0.15, -0.1) is 0 Å². The molecule has 0 aliphatic heterocycles. The predicted octanol–water partition coefficient (Wildman–Crippen LogP) is 4.79. The molecule has 2 aromatic rings.